The Balaban J connectivity index is 1.34. The zero-order valence-electron chi connectivity index (χ0n) is 29.1. The van der Waals surface area contributed by atoms with E-state index in [0.717, 1.165) is 21.0 Å². The van der Waals surface area contributed by atoms with Crippen molar-refractivity contribution in [2.75, 3.05) is 17.4 Å². The molecule has 1 saturated carbocycles. The molecule has 274 valence electrons. The number of fused-ring (bicyclic) bond motifs is 4. The molecule has 6 unspecified atom stereocenters. The van der Waals surface area contributed by atoms with Crippen LogP contribution < -0.4 is 20.5 Å². The van der Waals surface area contributed by atoms with E-state index in [0.29, 0.717) is 21.3 Å². The number of hydrogen-bond acceptors (Lipinski definition) is 9. The molecule has 2 heterocycles. The van der Waals surface area contributed by atoms with Crippen molar-refractivity contribution in [1.29, 1.82) is 0 Å². The minimum atomic E-state index is -1.80. The molecule has 0 radical (unpaired) electrons. The number of hydrogen-bond donors (Lipinski definition) is 4. The maximum atomic E-state index is 15.4. The van der Waals surface area contributed by atoms with Crippen LogP contribution in [0.25, 0.3) is 0 Å². The molecule has 2 aliphatic carbocycles. The second-order valence-corrected chi connectivity index (χ2v) is 15.8. The number of hydrazine groups is 1. The van der Waals surface area contributed by atoms with Crippen LogP contribution in [0.1, 0.15) is 35.4 Å². The number of aromatic hydroxyl groups is 1. The lowest BCUT2D eigenvalue weighted by atomic mass is 9.49. The van der Waals surface area contributed by atoms with Gasteiger partial charge in [-0.2, -0.15) is 5.01 Å². The first kappa shape index (κ1) is 36.2. The summed E-state index contributed by atoms with van der Waals surface area (Å²) in [5.41, 5.74) is 5.29. The van der Waals surface area contributed by atoms with Crippen LogP contribution in [0.4, 0.5) is 11.4 Å². The number of carbonyl (C=O) groups is 4. The van der Waals surface area contributed by atoms with Crippen LogP contribution in [0, 0.1) is 30.6 Å². The molecule has 2 aliphatic heterocycles. The van der Waals surface area contributed by atoms with E-state index in [4.69, 9.17) is 4.74 Å². The second kappa shape index (κ2) is 13.5. The highest BCUT2D eigenvalue weighted by molar-refractivity contribution is 9.13. The first-order valence-electron chi connectivity index (χ1n) is 17.5. The Hall–Kier alpha value is -4.76. The smallest absolute Gasteiger partial charge is 0.488 e. The molecule has 11 nitrogen and oxygen atoms in total. The number of imide groups is 2. The number of phenolic OH excluding ortho intramolecular Hbond substituents is 1. The fraction of sp³-hybridized carbons (Fsp3) is 0.250. The second-order valence-electron chi connectivity index (χ2n) is 14.2. The first-order valence-corrected chi connectivity index (χ1v) is 19.0. The third kappa shape index (κ3) is 5.29. The number of halogens is 2. The molecule has 4 aliphatic rings. The van der Waals surface area contributed by atoms with Gasteiger partial charge in [-0.05, 0) is 104 Å². The van der Waals surface area contributed by atoms with Crippen LogP contribution in [-0.4, -0.2) is 58.0 Å². The van der Waals surface area contributed by atoms with E-state index in [2.05, 4.69) is 37.3 Å². The van der Waals surface area contributed by atoms with Gasteiger partial charge in [0.1, 0.15) is 0 Å². The molecule has 54 heavy (non-hydrogen) atoms. The van der Waals surface area contributed by atoms with Gasteiger partial charge in [0.2, 0.25) is 11.8 Å². The van der Waals surface area contributed by atoms with Gasteiger partial charge in [0.25, 0.3) is 11.8 Å². The van der Waals surface area contributed by atoms with E-state index in [1.807, 2.05) is 55.5 Å². The van der Waals surface area contributed by atoms with Crippen molar-refractivity contribution >= 4 is 79.4 Å². The third-order valence-electron chi connectivity index (χ3n) is 11.5. The van der Waals surface area contributed by atoms with Gasteiger partial charge in [-0.15, -0.1) is 0 Å². The van der Waals surface area contributed by atoms with Gasteiger partial charge in [-0.25, -0.2) is 0 Å². The van der Waals surface area contributed by atoms with Crippen LogP contribution in [-0.2, 0) is 24.6 Å². The highest BCUT2D eigenvalue weighted by Crippen LogP contribution is 2.65. The van der Waals surface area contributed by atoms with Gasteiger partial charge in [-0.3, -0.25) is 29.5 Å². The minimum Gasteiger partial charge on any atom is -0.503 e. The lowest BCUT2D eigenvalue weighted by molar-refractivity contribution is -0.138. The zero-order chi connectivity index (χ0) is 38.2. The van der Waals surface area contributed by atoms with E-state index >= 15 is 4.79 Å². The zero-order valence-corrected chi connectivity index (χ0v) is 32.2. The monoisotopic (exact) mass is 853 g/mol. The van der Waals surface area contributed by atoms with E-state index in [1.54, 1.807) is 30.3 Å². The van der Waals surface area contributed by atoms with Crippen LogP contribution in [0.5, 0.6) is 11.5 Å². The standard InChI is InChI=1S/C40H34BBr2N3O8/c1-20-11-13-23(14-12-20)44-46-37(49)29-18-27-25(15-16-26-31(27)38(50)45(36(26)48)24-10-6-9-22(17-24)41(52)53)32(28-19-30(54-2)35(47)34(43)33(28)42)40(29,39(46)51)21-7-4-3-5-8-21/h3-15,17,19,26-27,29,31-32,44,47,52-53H,16,18H2,1-2H3. The van der Waals surface area contributed by atoms with Gasteiger partial charge >= 0.3 is 7.12 Å². The SMILES string of the molecule is COc1cc(C2C3=CCC4C(=O)N(c5cccc(B(O)O)c5)C(=O)C4C3CC3C(=O)N(Nc4ccc(C)cc4)C(=O)C32c2ccccc2)c(Br)c(Br)c1O. The van der Waals surface area contributed by atoms with Crippen LogP contribution in [0.3, 0.4) is 0 Å². The summed E-state index contributed by atoms with van der Waals surface area (Å²) in [4.78, 5) is 60.2. The maximum Gasteiger partial charge on any atom is 0.488 e. The number of anilines is 2. The quantitative estimate of drug-likeness (QED) is 0.113. The van der Waals surface area contributed by atoms with Crippen LogP contribution in [0.15, 0.2) is 106 Å². The van der Waals surface area contributed by atoms with Gasteiger partial charge in [0.05, 0.1) is 46.1 Å². The molecule has 6 atom stereocenters. The molecule has 0 aromatic heterocycles. The minimum absolute atomic E-state index is 0.0886. The molecule has 3 fully saturated rings. The summed E-state index contributed by atoms with van der Waals surface area (Å²) < 4.78 is 6.33. The molecule has 4 aromatic rings. The van der Waals surface area contributed by atoms with E-state index in [9.17, 15) is 29.5 Å². The Bertz CT molecular complexity index is 2270. The number of carbonyl (C=O) groups excluding carboxylic acids is 4. The summed E-state index contributed by atoms with van der Waals surface area (Å²) in [6.45, 7) is 1.94. The average Bonchev–Trinajstić information content (AvgIpc) is 3.56. The Morgan fingerprint density at radius 2 is 1.59 bits per heavy atom. The number of benzene rings is 4. The Labute approximate surface area is 328 Å². The van der Waals surface area contributed by atoms with Gasteiger partial charge in [-0.1, -0.05) is 71.8 Å². The lowest BCUT2D eigenvalue weighted by Crippen LogP contribution is -2.53. The van der Waals surface area contributed by atoms with E-state index in [-0.39, 0.29) is 40.0 Å². The normalized spacial score (nSPS) is 26.0. The van der Waals surface area contributed by atoms with Gasteiger partial charge in [0, 0.05) is 10.4 Å². The summed E-state index contributed by atoms with van der Waals surface area (Å²) in [6, 6.07) is 24.1. The number of rotatable bonds is 7. The number of ether oxygens (including phenoxy) is 1. The molecular formula is C40H34BBr2N3O8. The van der Waals surface area contributed by atoms with Gasteiger partial charge < -0.3 is 19.9 Å². The molecule has 4 aromatic carbocycles. The number of phenols is 1. The fourth-order valence-corrected chi connectivity index (χ4v) is 10.1. The molecule has 4 N–H and O–H groups in total. The number of amides is 4. The molecule has 4 amide bonds. The van der Waals surface area contributed by atoms with Crippen molar-refractivity contribution in [1.82, 2.24) is 5.01 Å². The van der Waals surface area contributed by atoms with Crippen molar-refractivity contribution < 1.29 is 39.1 Å². The highest BCUT2D eigenvalue weighted by Gasteiger charge is 2.70. The van der Waals surface area contributed by atoms with Crippen molar-refractivity contribution in [3.63, 3.8) is 0 Å². The van der Waals surface area contributed by atoms with Crippen LogP contribution >= 0.6 is 31.9 Å². The number of methoxy groups -OCH3 is 1. The maximum absolute atomic E-state index is 15.4. The van der Waals surface area contributed by atoms with Crippen molar-refractivity contribution in [2.45, 2.75) is 31.1 Å². The first-order chi connectivity index (χ1) is 25.9. The summed E-state index contributed by atoms with van der Waals surface area (Å²) in [5, 5.41) is 31.8. The molecule has 2 saturated heterocycles. The predicted octanol–water partition coefficient (Wildman–Crippen LogP) is 5.10. The molecular weight excluding hydrogens is 821 g/mol. The van der Waals surface area contributed by atoms with Crippen molar-refractivity contribution in [3.05, 3.63) is 122 Å². The Kier molecular flexibility index (Phi) is 9.07. The summed E-state index contributed by atoms with van der Waals surface area (Å²) >= 11 is 7.21. The number of nitrogens with one attached hydrogen (secondary N) is 1. The molecule has 14 heteroatoms. The number of allylic oxidation sites excluding steroid dienone is 2. The highest BCUT2D eigenvalue weighted by atomic mass is 79.9. The van der Waals surface area contributed by atoms with Gasteiger partial charge in [0.15, 0.2) is 11.5 Å². The average molecular weight is 855 g/mol. The largest absolute Gasteiger partial charge is 0.503 e. The Morgan fingerprint density at radius 3 is 2.28 bits per heavy atom. The van der Waals surface area contributed by atoms with Crippen LogP contribution in [0.2, 0.25) is 0 Å². The topological polar surface area (TPSA) is 157 Å². The molecule has 0 spiro atoms. The van der Waals surface area contributed by atoms with Crippen molar-refractivity contribution in [2.24, 2.45) is 23.7 Å². The summed E-state index contributed by atoms with van der Waals surface area (Å²) in [7, 11) is -0.385. The van der Waals surface area contributed by atoms with E-state index in [1.165, 1.54) is 19.2 Å². The molecule has 0 bridgehead atoms. The lowest BCUT2D eigenvalue weighted by Gasteiger charge is -2.51. The Morgan fingerprint density at radius 1 is 0.870 bits per heavy atom. The number of nitrogens with zero attached hydrogens (tertiary/aromatic N) is 2. The van der Waals surface area contributed by atoms with Crippen molar-refractivity contribution in [3.8, 4) is 11.5 Å². The number of aryl methyl sites for hydroxylation is 1. The predicted molar refractivity (Wildman–Crippen MR) is 208 cm³/mol. The molecule has 8 rings (SSSR count). The summed E-state index contributed by atoms with van der Waals surface area (Å²) in [6.07, 6.45) is 2.21. The third-order valence-corrected chi connectivity index (χ3v) is 13.7. The van der Waals surface area contributed by atoms with E-state index < -0.39 is 65.8 Å². The summed E-state index contributed by atoms with van der Waals surface area (Å²) in [5.74, 6) is -6.03. The fourth-order valence-electron chi connectivity index (χ4n) is 9.15.